The fourth-order valence-corrected chi connectivity index (χ4v) is 3.79. The summed E-state index contributed by atoms with van der Waals surface area (Å²) in [5.74, 6) is -0.0495. The zero-order valence-corrected chi connectivity index (χ0v) is 17.4. The molecule has 0 fully saturated rings. The molecule has 2 aromatic rings. The molecular weight excluding hydrogens is 405 g/mol. The number of hydrogen-bond donors (Lipinski definition) is 0. The lowest BCUT2D eigenvalue weighted by atomic mass is 10.0. The van der Waals surface area contributed by atoms with Crippen molar-refractivity contribution in [1.29, 1.82) is 0 Å². The molecule has 1 amide bonds. The first-order chi connectivity index (χ1) is 12.9. The Morgan fingerprint density at radius 3 is 2.30 bits per heavy atom. The van der Waals surface area contributed by atoms with E-state index in [1.807, 2.05) is 44.2 Å². The largest absolute Gasteiger partial charge is 0.338 e. The molecule has 1 aliphatic heterocycles. The lowest BCUT2D eigenvalue weighted by Crippen LogP contribution is -2.35. The molecule has 0 saturated carbocycles. The number of carbonyl (C=O) groups is 1. The predicted octanol–water partition coefficient (Wildman–Crippen LogP) is 5.82. The second-order valence-electron chi connectivity index (χ2n) is 6.24. The van der Waals surface area contributed by atoms with Crippen LogP contribution >= 0.6 is 34.8 Å². The molecule has 1 atom stereocenters. The molecule has 0 bridgehead atoms. The maximum Gasteiger partial charge on any atom is 0.270 e. The molecule has 7 heteroatoms. The van der Waals surface area contributed by atoms with E-state index in [-0.39, 0.29) is 11.9 Å². The smallest absolute Gasteiger partial charge is 0.270 e. The van der Waals surface area contributed by atoms with E-state index >= 15 is 0 Å². The van der Waals surface area contributed by atoms with Crippen molar-refractivity contribution in [3.8, 4) is 0 Å². The van der Waals surface area contributed by atoms with Crippen LogP contribution in [0.15, 0.2) is 47.6 Å². The van der Waals surface area contributed by atoms with Crippen molar-refractivity contribution >= 4 is 52.1 Å². The quantitative estimate of drug-likeness (QED) is 0.606. The van der Waals surface area contributed by atoms with Gasteiger partial charge in [-0.2, -0.15) is 5.10 Å². The minimum atomic E-state index is -0.143. The Morgan fingerprint density at radius 1 is 1.07 bits per heavy atom. The highest BCUT2D eigenvalue weighted by molar-refractivity contribution is 6.40. The number of hydrogen-bond acceptors (Lipinski definition) is 3. The van der Waals surface area contributed by atoms with E-state index in [0.717, 1.165) is 5.56 Å². The normalized spacial score (nSPS) is 16.4. The summed E-state index contributed by atoms with van der Waals surface area (Å²) in [6, 6.07) is 12.7. The number of nitrogens with zero attached hydrogens (tertiary/aromatic N) is 3. The zero-order valence-electron chi connectivity index (χ0n) is 15.1. The van der Waals surface area contributed by atoms with Gasteiger partial charge in [0.25, 0.3) is 5.91 Å². The Balaban J connectivity index is 2.02. The van der Waals surface area contributed by atoms with Gasteiger partial charge >= 0.3 is 0 Å². The number of amides is 1. The number of anilines is 1. The van der Waals surface area contributed by atoms with Gasteiger partial charge in [0.1, 0.15) is 5.71 Å². The third-order valence-electron chi connectivity index (χ3n) is 4.62. The van der Waals surface area contributed by atoms with Gasteiger partial charge in [0.15, 0.2) is 0 Å². The molecule has 1 heterocycles. The topological polar surface area (TPSA) is 35.9 Å². The van der Waals surface area contributed by atoms with Gasteiger partial charge in [0, 0.05) is 29.6 Å². The average Bonchev–Trinajstić information content (AvgIpc) is 3.08. The lowest BCUT2D eigenvalue weighted by molar-refractivity contribution is -0.123. The summed E-state index contributed by atoms with van der Waals surface area (Å²) in [5, 5.41) is 8.15. The Hall–Kier alpha value is -1.75. The highest BCUT2D eigenvalue weighted by Crippen LogP contribution is 2.40. The Bertz CT molecular complexity index is 863. The van der Waals surface area contributed by atoms with Crippen molar-refractivity contribution in [3.63, 3.8) is 0 Å². The molecule has 1 aliphatic rings. The van der Waals surface area contributed by atoms with Crippen LogP contribution in [0.3, 0.4) is 0 Å². The molecule has 0 spiro atoms. The zero-order chi connectivity index (χ0) is 19.6. The SMILES string of the molecule is CCN(CC)C(=O)C1=NN(c2ccc(Cl)cc2Cl)C(c2ccc(Cl)cc2)C1. The van der Waals surface area contributed by atoms with Crippen molar-refractivity contribution in [1.82, 2.24) is 4.90 Å². The molecule has 142 valence electrons. The fourth-order valence-electron chi connectivity index (χ4n) is 3.17. The molecule has 2 aromatic carbocycles. The van der Waals surface area contributed by atoms with E-state index in [1.165, 1.54) is 0 Å². The van der Waals surface area contributed by atoms with Crippen molar-refractivity contribution in [3.05, 3.63) is 63.1 Å². The number of carbonyl (C=O) groups excluding carboxylic acids is 1. The second-order valence-corrected chi connectivity index (χ2v) is 7.52. The van der Waals surface area contributed by atoms with E-state index in [9.17, 15) is 4.79 Å². The van der Waals surface area contributed by atoms with E-state index in [4.69, 9.17) is 34.8 Å². The summed E-state index contributed by atoms with van der Waals surface area (Å²) in [6.07, 6.45) is 0.496. The maximum atomic E-state index is 12.8. The number of rotatable bonds is 5. The van der Waals surface area contributed by atoms with E-state index in [0.29, 0.717) is 46.0 Å². The molecule has 1 unspecified atom stereocenters. The van der Waals surface area contributed by atoms with Gasteiger partial charge < -0.3 is 4.90 Å². The van der Waals surface area contributed by atoms with Crippen LogP contribution in [-0.2, 0) is 4.79 Å². The number of hydrazone groups is 1. The van der Waals surface area contributed by atoms with Gasteiger partial charge in [-0.15, -0.1) is 0 Å². The summed E-state index contributed by atoms with van der Waals surface area (Å²) in [4.78, 5) is 14.6. The Kier molecular flexibility index (Phi) is 6.30. The standard InChI is InChI=1S/C20H20Cl3N3O/c1-3-25(4-2)20(27)17-12-19(13-5-7-14(21)8-6-13)26(24-17)18-10-9-15(22)11-16(18)23/h5-11,19H,3-4,12H2,1-2H3. The summed E-state index contributed by atoms with van der Waals surface area (Å²) < 4.78 is 0. The fraction of sp³-hybridized carbons (Fsp3) is 0.300. The van der Waals surface area contributed by atoms with E-state index in [2.05, 4.69) is 5.10 Å². The van der Waals surface area contributed by atoms with Crippen molar-refractivity contribution in [2.24, 2.45) is 5.10 Å². The predicted molar refractivity (Wildman–Crippen MR) is 113 cm³/mol. The molecule has 0 saturated heterocycles. The first-order valence-corrected chi connectivity index (χ1v) is 9.94. The molecule has 3 rings (SSSR count). The minimum Gasteiger partial charge on any atom is -0.338 e. The highest BCUT2D eigenvalue weighted by atomic mass is 35.5. The van der Waals surface area contributed by atoms with Crippen molar-refractivity contribution in [2.45, 2.75) is 26.3 Å². The van der Waals surface area contributed by atoms with Gasteiger partial charge in [-0.1, -0.05) is 46.9 Å². The molecule has 0 N–H and O–H groups in total. The first kappa shape index (κ1) is 20.0. The maximum absolute atomic E-state index is 12.8. The average molecular weight is 425 g/mol. The Labute approximate surface area is 174 Å². The molecule has 0 aromatic heterocycles. The minimum absolute atomic E-state index is 0.0495. The van der Waals surface area contributed by atoms with Crippen molar-refractivity contribution in [2.75, 3.05) is 18.1 Å². The number of halogens is 3. The van der Waals surface area contributed by atoms with Crippen LogP contribution in [0.4, 0.5) is 5.69 Å². The first-order valence-electron chi connectivity index (χ1n) is 8.81. The van der Waals surface area contributed by atoms with Gasteiger partial charge in [-0.25, -0.2) is 0 Å². The van der Waals surface area contributed by atoms with Crippen LogP contribution in [0.5, 0.6) is 0 Å². The molecule has 4 nitrogen and oxygen atoms in total. The van der Waals surface area contributed by atoms with Gasteiger partial charge in [-0.05, 0) is 49.7 Å². The van der Waals surface area contributed by atoms with Crippen LogP contribution < -0.4 is 5.01 Å². The van der Waals surface area contributed by atoms with Crippen LogP contribution in [-0.4, -0.2) is 29.6 Å². The van der Waals surface area contributed by atoms with Gasteiger partial charge in [0.05, 0.1) is 16.8 Å². The second kappa shape index (κ2) is 8.51. The Morgan fingerprint density at radius 2 is 1.70 bits per heavy atom. The summed E-state index contributed by atoms with van der Waals surface area (Å²) in [6.45, 7) is 5.20. The van der Waals surface area contributed by atoms with Crippen LogP contribution in [0, 0.1) is 0 Å². The van der Waals surface area contributed by atoms with Crippen molar-refractivity contribution < 1.29 is 4.79 Å². The highest BCUT2D eigenvalue weighted by Gasteiger charge is 2.34. The van der Waals surface area contributed by atoms with E-state index in [1.54, 1.807) is 22.0 Å². The molecular formula is C20H20Cl3N3O. The molecule has 0 radical (unpaired) electrons. The van der Waals surface area contributed by atoms with E-state index < -0.39 is 0 Å². The summed E-state index contributed by atoms with van der Waals surface area (Å²) in [5.41, 5.74) is 2.24. The summed E-state index contributed by atoms with van der Waals surface area (Å²) in [7, 11) is 0. The third kappa shape index (κ3) is 4.23. The van der Waals surface area contributed by atoms with Crippen LogP contribution in [0.25, 0.3) is 0 Å². The summed E-state index contributed by atoms with van der Waals surface area (Å²) >= 11 is 18.5. The monoisotopic (exact) mass is 423 g/mol. The lowest BCUT2D eigenvalue weighted by Gasteiger charge is -2.25. The molecule has 27 heavy (non-hydrogen) atoms. The van der Waals surface area contributed by atoms with Crippen LogP contribution in [0.1, 0.15) is 31.9 Å². The van der Waals surface area contributed by atoms with Gasteiger partial charge in [-0.3, -0.25) is 9.80 Å². The number of benzene rings is 2. The third-order valence-corrected chi connectivity index (χ3v) is 5.41. The molecule has 0 aliphatic carbocycles. The van der Waals surface area contributed by atoms with Gasteiger partial charge in [0.2, 0.25) is 0 Å². The van der Waals surface area contributed by atoms with Crippen LogP contribution in [0.2, 0.25) is 15.1 Å².